The Hall–Kier alpha value is -2.27. The fraction of sp³-hybridized carbons (Fsp3) is 0.200. The minimum atomic E-state index is -0.427. The molecule has 1 N–H and O–H groups in total. The molecule has 102 valence electrons. The van der Waals surface area contributed by atoms with E-state index in [0.29, 0.717) is 30.0 Å². The number of ketones is 1. The van der Waals surface area contributed by atoms with Crippen molar-refractivity contribution in [2.45, 2.75) is 6.61 Å². The van der Waals surface area contributed by atoms with Gasteiger partial charge in [0.05, 0.1) is 19.7 Å². The number of nitrogens with zero attached hydrogens (tertiary/aromatic N) is 2. The molecule has 0 spiro atoms. The van der Waals surface area contributed by atoms with Gasteiger partial charge >= 0.3 is 0 Å². The number of aromatic nitrogens is 1. The van der Waals surface area contributed by atoms with Crippen LogP contribution < -0.4 is 4.90 Å². The topological polar surface area (TPSA) is 53.4 Å². The average molecular weight is 272 g/mol. The minimum absolute atomic E-state index is 0.192. The van der Waals surface area contributed by atoms with E-state index < -0.39 is 5.82 Å². The molecule has 0 radical (unpaired) electrons. The lowest BCUT2D eigenvalue weighted by molar-refractivity contribution is -0.119. The number of hydrogen-bond donors (Lipinski definition) is 1. The molecular weight excluding hydrogens is 259 g/mol. The second kappa shape index (κ2) is 5.02. The number of benzene rings is 1. The third-order valence-corrected chi connectivity index (χ3v) is 3.37. The SMILES string of the molecule is O=C1CN(c2ccc(-c3cccc(CO)c3F)cn2)C1. The molecule has 0 amide bonds. The first-order valence-corrected chi connectivity index (χ1v) is 6.30. The van der Waals surface area contributed by atoms with Crippen LogP contribution in [-0.2, 0) is 11.4 Å². The molecule has 4 nitrogen and oxygen atoms in total. The summed E-state index contributed by atoms with van der Waals surface area (Å²) in [6.45, 7) is 0.447. The summed E-state index contributed by atoms with van der Waals surface area (Å²) in [5, 5.41) is 9.08. The maximum Gasteiger partial charge on any atom is 0.171 e. The van der Waals surface area contributed by atoms with Crippen molar-refractivity contribution in [3.05, 3.63) is 47.9 Å². The third kappa shape index (κ3) is 2.16. The van der Waals surface area contributed by atoms with E-state index in [4.69, 9.17) is 5.11 Å². The zero-order chi connectivity index (χ0) is 14.1. The van der Waals surface area contributed by atoms with Gasteiger partial charge in [0.15, 0.2) is 5.78 Å². The number of aliphatic hydroxyl groups excluding tert-OH is 1. The summed E-state index contributed by atoms with van der Waals surface area (Å²) < 4.78 is 14.1. The number of Topliss-reactive ketones (excluding diaryl/α,β-unsaturated/α-hetero) is 1. The first-order valence-electron chi connectivity index (χ1n) is 6.30. The van der Waals surface area contributed by atoms with Crippen molar-refractivity contribution in [2.75, 3.05) is 18.0 Å². The van der Waals surface area contributed by atoms with Crippen LogP contribution in [0.5, 0.6) is 0 Å². The van der Waals surface area contributed by atoms with Crippen LogP contribution in [0.1, 0.15) is 5.56 Å². The van der Waals surface area contributed by atoms with Crippen LogP contribution in [0.4, 0.5) is 10.2 Å². The first-order chi connectivity index (χ1) is 9.69. The number of rotatable bonds is 3. The van der Waals surface area contributed by atoms with E-state index in [1.807, 2.05) is 4.90 Å². The molecule has 1 aromatic heterocycles. The third-order valence-electron chi connectivity index (χ3n) is 3.37. The number of carbonyl (C=O) groups excluding carboxylic acids is 1. The molecule has 0 atom stereocenters. The van der Waals surface area contributed by atoms with Gasteiger partial charge in [-0.2, -0.15) is 0 Å². The molecule has 3 rings (SSSR count). The smallest absolute Gasteiger partial charge is 0.171 e. The largest absolute Gasteiger partial charge is 0.392 e. The normalized spacial score (nSPS) is 14.3. The summed E-state index contributed by atoms with van der Waals surface area (Å²) in [7, 11) is 0. The van der Waals surface area contributed by atoms with Crippen molar-refractivity contribution in [1.29, 1.82) is 0 Å². The Labute approximate surface area is 115 Å². The predicted molar refractivity (Wildman–Crippen MR) is 72.8 cm³/mol. The van der Waals surface area contributed by atoms with Gasteiger partial charge < -0.3 is 10.0 Å². The van der Waals surface area contributed by atoms with Crippen LogP contribution >= 0.6 is 0 Å². The lowest BCUT2D eigenvalue weighted by Crippen LogP contribution is -2.47. The van der Waals surface area contributed by atoms with Gasteiger partial charge in [0.1, 0.15) is 11.6 Å². The molecule has 0 aliphatic carbocycles. The molecule has 2 aromatic rings. The highest BCUT2D eigenvalue weighted by atomic mass is 19.1. The standard InChI is InChI=1S/C15H13FN2O2/c16-15-11(9-19)2-1-3-13(15)10-4-5-14(17-6-10)18-7-12(20)8-18/h1-6,19H,7-9H2. The Balaban J connectivity index is 1.89. The molecule has 20 heavy (non-hydrogen) atoms. The van der Waals surface area contributed by atoms with Crippen molar-refractivity contribution in [1.82, 2.24) is 4.98 Å². The molecule has 0 unspecified atom stereocenters. The molecule has 2 heterocycles. The number of anilines is 1. The van der Waals surface area contributed by atoms with Crippen molar-refractivity contribution in [2.24, 2.45) is 0 Å². The van der Waals surface area contributed by atoms with Gasteiger partial charge in [-0.25, -0.2) is 9.37 Å². The number of carbonyl (C=O) groups is 1. The second-order valence-electron chi connectivity index (χ2n) is 4.74. The second-order valence-corrected chi connectivity index (χ2v) is 4.74. The molecule has 1 saturated heterocycles. The zero-order valence-electron chi connectivity index (χ0n) is 10.7. The van der Waals surface area contributed by atoms with Gasteiger partial charge in [0.2, 0.25) is 0 Å². The number of pyridine rings is 1. The lowest BCUT2D eigenvalue weighted by atomic mass is 10.0. The molecule has 1 aromatic carbocycles. The molecule has 0 saturated carbocycles. The summed E-state index contributed by atoms with van der Waals surface area (Å²) in [6.07, 6.45) is 1.58. The predicted octanol–water partition coefficient (Wildman–Crippen LogP) is 1.77. The maximum absolute atomic E-state index is 14.1. The van der Waals surface area contributed by atoms with Crippen molar-refractivity contribution in [3.63, 3.8) is 0 Å². The molecular formula is C15H13FN2O2. The Morgan fingerprint density at radius 2 is 2.05 bits per heavy atom. The molecule has 1 aliphatic rings. The fourth-order valence-corrected chi connectivity index (χ4v) is 2.20. The molecule has 0 bridgehead atoms. The Morgan fingerprint density at radius 3 is 2.65 bits per heavy atom. The van der Waals surface area contributed by atoms with Gasteiger partial charge in [0.25, 0.3) is 0 Å². The summed E-state index contributed by atoms with van der Waals surface area (Å²) in [5.41, 5.74) is 1.32. The number of hydrogen-bond acceptors (Lipinski definition) is 4. The van der Waals surface area contributed by atoms with Gasteiger partial charge in [-0.3, -0.25) is 4.79 Å². The van der Waals surface area contributed by atoms with E-state index in [1.54, 1.807) is 36.5 Å². The van der Waals surface area contributed by atoms with Crippen LogP contribution in [0, 0.1) is 5.82 Å². The highest BCUT2D eigenvalue weighted by Crippen LogP contribution is 2.26. The first kappa shape index (κ1) is 12.7. The minimum Gasteiger partial charge on any atom is -0.392 e. The van der Waals surface area contributed by atoms with E-state index in [2.05, 4.69) is 4.98 Å². The molecule has 5 heteroatoms. The highest BCUT2D eigenvalue weighted by molar-refractivity contribution is 5.94. The van der Waals surface area contributed by atoms with Gasteiger partial charge in [-0.15, -0.1) is 0 Å². The monoisotopic (exact) mass is 272 g/mol. The van der Waals surface area contributed by atoms with Gasteiger partial charge in [0, 0.05) is 22.9 Å². The van der Waals surface area contributed by atoms with Crippen LogP contribution in [0.3, 0.4) is 0 Å². The Kier molecular flexibility index (Phi) is 3.20. The van der Waals surface area contributed by atoms with Crippen molar-refractivity contribution >= 4 is 11.6 Å². The summed E-state index contributed by atoms with van der Waals surface area (Å²) in [6, 6.07) is 8.44. The quantitative estimate of drug-likeness (QED) is 0.925. The van der Waals surface area contributed by atoms with E-state index in [1.165, 1.54) is 0 Å². The number of aliphatic hydroxyl groups is 1. The van der Waals surface area contributed by atoms with E-state index in [0.717, 1.165) is 0 Å². The van der Waals surface area contributed by atoms with E-state index >= 15 is 0 Å². The lowest BCUT2D eigenvalue weighted by Gasteiger charge is -2.30. The summed E-state index contributed by atoms with van der Waals surface area (Å²) >= 11 is 0. The fourth-order valence-electron chi connectivity index (χ4n) is 2.20. The summed E-state index contributed by atoms with van der Waals surface area (Å²) in [5.74, 6) is 0.480. The van der Waals surface area contributed by atoms with Crippen LogP contribution in [-0.4, -0.2) is 29.0 Å². The van der Waals surface area contributed by atoms with E-state index in [-0.39, 0.29) is 18.0 Å². The average Bonchev–Trinajstić information content (AvgIpc) is 2.45. The molecule has 1 aliphatic heterocycles. The van der Waals surface area contributed by atoms with Crippen LogP contribution in [0.2, 0.25) is 0 Å². The Bertz CT molecular complexity index is 647. The van der Waals surface area contributed by atoms with Crippen LogP contribution in [0.25, 0.3) is 11.1 Å². The van der Waals surface area contributed by atoms with E-state index in [9.17, 15) is 9.18 Å². The zero-order valence-corrected chi connectivity index (χ0v) is 10.7. The number of halogens is 1. The summed E-state index contributed by atoms with van der Waals surface area (Å²) in [4.78, 5) is 17.1. The van der Waals surface area contributed by atoms with Gasteiger partial charge in [-0.1, -0.05) is 18.2 Å². The van der Waals surface area contributed by atoms with Crippen molar-refractivity contribution < 1.29 is 14.3 Å². The highest BCUT2D eigenvalue weighted by Gasteiger charge is 2.24. The van der Waals surface area contributed by atoms with Gasteiger partial charge in [-0.05, 0) is 12.1 Å². The van der Waals surface area contributed by atoms with Crippen molar-refractivity contribution in [3.8, 4) is 11.1 Å². The van der Waals surface area contributed by atoms with Crippen LogP contribution in [0.15, 0.2) is 36.5 Å². The maximum atomic E-state index is 14.1. The Morgan fingerprint density at radius 1 is 1.25 bits per heavy atom. The molecule has 1 fully saturated rings.